The minimum atomic E-state index is -1.75. The zero-order valence-electron chi connectivity index (χ0n) is 14.3. The van der Waals surface area contributed by atoms with E-state index in [0.717, 1.165) is 0 Å². The van der Waals surface area contributed by atoms with Crippen molar-refractivity contribution in [2.24, 2.45) is 5.92 Å². The number of aliphatic hydroxyl groups excluding tert-OH is 1. The molecule has 0 aliphatic carbocycles. The fraction of sp³-hybridized carbons (Fsp3) is 0.688. The third-order valence-corrected chi connectivity index (χ3v) is 8.46. The summed E-state index contributed by atoms with van der Waals surface area (Å²) in [5.41, 5.74) is 0. The second-order valence-corrected chi connectivity index (χ2v) is 11.5. The lowest BCUT2D eigenvalue weighted by atomic mass is 10.0. The molecule has 2 atom stereocenters. The minimum absolute atomic E-state index is 0.159. The number of carbonyl (C=O) groups is 1. The van der Waals surface area contributed by atoms with E-state index in [-0.39, 0.29) is 11.0 Å². The first-order valence-corrected chi connectivity index (χ1v) is 10.2. The Hall–Kier alpha value is -0.913. The summed E-state index contributed by atoms with van der Waals surface area (Å²) in [5, 5.41) is 10.1. The van der Waals surface area contributed by atoms with Gasteiger partial charge in [-0.25, -0.2) is 4.79 Å². The van der Waals surface area contributed by atoms with E-state index in [0.29, 0.717) is 6.61 Å². The van der Waals surface area contributed by atoms with Crippen LogP contribution < -0.4 is 0 Å². The molecule has 1 N–H and O–H groups in total. The molecule has 0 aromatic heterocycles. The van der Waals surface area contributed by atoms with Gasteiger partial charge >= 0.3 is 5.97 Å². The molecule has 5 heteroatoms. The molecule has 0 bridgehead atoms. The van der Waals surface area contributed by atoms with Crippen LogP contribution in [0, 0.1) is 5.92 Å². The highest BCUT2D eigenvalue weighted by Gasteiger charge is 2.36. The molecule has 4 nitrogen and oxygen atoms in total. The molecule has 0 saturated carbocycles. The maximum Gasteiger partial charge on any atom is 0.330 e. The maximum atomic E-state index is 11.0. The van der Waals surface area contributed by atoms with Crippen molar-refractivity contribution in [1.82, 2.24) is 0 Å². The number of aliphatic hydroxyl groups is 1. The Morgan fingerprint density at radius 1 is 1.29 bits per heavy atom. The van der Waals surface area contributed by atoms with E-state index < -0.39 is 20.4 Å². The molecule has 122 valence electrons. The van der Waals surface area contributed by atoms with Crippen molar-refractivity contribution in [3.63, 3.8) is 0 Å². The molecule has 0 aliphatic rings. The molecule has 0 unspecified atom stereocenters. The quantitative estimate of drug-likeness (QED) is 0.339. The van der Waals surface area contributed by atoms with Gasteiger partial charge in [-0.15, -0.1) is 0 Å². The number of esters is 1. The molecular formula is C16H30O4Si. The Labute approximate surface area is 130 Å². The summed E-state index contributed by atoms with van der Waals surface area (Å²) in [6.07, 6.45) is 5.87. The molecule has 0 aliphatic heterocycles. The zero-order chi connectivity index (χ0) is 16.7. The topological polar surface area (TPSA) is 55.8 Å². The van der Waals surface area contributed by atoms with Crippen LogP contribution in [0.5, 0.6) is 0 Å². The Morgan fingerprint density at radius 3 is 2.33 bits per heavy atom. The first kappa shape index (κ1) is 20.1. The molecule has 0 heterocycles. The summed E-state index contributed by atoms with van der Waals surface area (Å²) < 4.78 is 10.5. The third kappa shape index (κ3) is 7.60. The predicted molar refractivity (Wildman–Crippen MR) is 88.6 cm³/mol. The molecule has 0 aromatic carbocycles. The number of methoxy groups -OCH3 is 1. The lowest BCUT2D eigenvalue weighted by Crippen LogP contribution is -2.40. The van der Waals surface area contributed by atoms with Crippen LogP contribution in [0.15, 0.2) is 24.3 Å². The van der Waals surface area contributed by atoms with Crippen molar-refractivity contribution in [2.45, 2.75) is 51.9 Å². The lowest BCUT2D eigenvalue weighted by molar-refractivity contribution is -0.134. The molecule has 0 aromatic rings. The third-order valence-electron chi connectivity index (χ3n) is 3.96. The highest BCUT2D eigenvalue weighted by atomic mass is 28.4. The van der Waals surface area contributed by atoms with Crippen molar-refractivity contribution in [1.29, 1.82) is 0 Å². The molecular weight excluding hydrogens is 284 g/mol. The van der Waals surface area contributed by atoms with E-state index in [2.05, 4.69) is 38.6 Å². The first-order chi connectivity index (χ1) is 9.51. The molecule has 0 spiro atoms. The Kier molecular flexibility index (Phi) is 8.14. The number of carbonyl (C=O) groups excluding carboxylic acids is 1. The number of hydrogen-bond donors (Lipinski definition) is 1. The molecule has 21 heavy (non-hydrogen) atoms. The average Bonchev–Trinajstić information content (AvgIpc) is 2.38. The van der Waals surface area contributed by atoms with E-state index in [9.17, 15) is 9.90 Å². The highest BCUT2D eigenvalue weighted by Crippen LogP contribution is 2.36. The van der Waals surface area contributed by atoms with Gasteiger partial charge in [-0.05, 0) is 18.1 Å². The fourth-order valence-electron chi connectivity index (χ4n) is 1.26. The van der Waals surface area contributed by atoms with E-state index >= 15 is 0 Å². The van der Waals surface area contributed by atoms with Gasteiger partial charge in [-0.2, -0.15) is 0 Å². The Balaban J connectivity index is 4.31. The van der Waals surface area contributed by atoms with Crippen molar-refractivity contribution >= 4 is 14.3 Å². The average molecular weight is 314 g/mol. The van der Waals surface area contributed by atoms with Gasteiger partial charge in [-0.1, -0.05) is 45.9 Å². The predicted octanol–water partition coefficient (Wildman–Crippen LogP) is 3.29. The number of rotatable bonds is 7. The standard InChI is InChI=1S/C16H30O4Si/c1-13(10-11-15(18)19-5)14(17)9-8-12-20-21(6,7)16(2,3)4/h8-11,13-14,17H,12H2,1-7H3/b9-8+,11-10+/t13-,14-/m1/s1. The normalized spacial score (nSPS) is 16.4. The van der Waals surface area contributed by atoms with Gasteiger partial charge < -0.3 is 14.3 Å². The molecule has 0 saturated heterocycles. The number of ether oxygens (including phenoxy) is 1. The Bertz CT molecular complexity index is 380. The van der Waals surface area contributed by atoms with Gasteiger partial charge in [0.1, 0.15) is 0 Å². The molecule has 0 rings (SSSR count). The second kappa shape index (κ2) is 8.51. The summed E-state index contributed by atoms with van der Waals surface area (Å²) >= 11 is 0. The van der Waals surface area contributed by atoms with Crippen LogP contribution in [0.4, 0.5) is 0 Å². The summed E-state index contributed by atoms with van der Waals surface area (Å²) in [5.74, 6) is -0.576. The van der Waals surface area contributed by atoms with Gasteiger partial charge in [0, 0.05) is 12.0 Å². The van der Waals surface area contributed by atoms with E-state index in [4.69, 9.17) is 4.43 Å². The SMILES string of the molecule is COC(=O)/C=C/[C@@H](C)[C@H](O)/C=C/CO[Si](C)(C)C(C)(C)C. The molecule has 0 radical (unpaired) electrons. The second-order valence-electron chi connectivity index (χ2n) is 6.73. The smallest absolute Gasteiger partial charge is 0.330 e. The summed E-state index contributed by atoms with van der Waals surface area (Å²) in [6, 6.07) is 0. The highest BCUT2D eigenvalue weighted by molar-refractivity contribution is 6.74. The first-order valence-electron chi connectivity index (χ1n) is 7.26. The zero-order valence-corrected chi connectivity index (χ0v) is 15.3. The summed E-state index contributed by atoms with van der Waals surface area (Å²) in [4.78, 5) is 11.0. The van der Waals surface area contributed by atoms with E-state index in [1.54, 1.807) is 12.2 Å². The van der Waals surface area contributed by atoms with Crippen LogP contribution in [0.1, 0.15) is 27.7 Å². The van der Waals surface area contributed by atoms with Crippen LogP contribution in [-0.2, 0) is 14.0 Å². The minimum Gasteiger partial charge on any atom is -0.466 e. The Morgan fingerprint density at radius 2 is 1.86 bits per heavy atom. The van der Waals surface area contributed by atoms with Gasteiger partial charge in [0.25, 0.3) is 0 Å². The van der Waals surface area contributed by atoms with Crippen molar-refractivity contribution in [3.05, 3.63) is 24.3 Å². The fourth-order valence-corrected chi connectivity index (χ4v) is 2.20. The number of hydrogen-bond acceptors (Lipinski definition) is 4. The maximum absolute atomic E-state index is 11.0. The van der Waals surface area contributed by atoms with E-state index in [1.807, 2.05) is 13.0 Å². The van der Waals surface area contributed by atoms with Crippen LogP contribution >= 0.6 is 0 Å². The van der Waals surface area contributed by atoms with Crippen LogP contribution in [0.25, 0.3) is 0 Å². The van der Waals surface area contributed by atoms with Gasteiger partial charge in [0.15, 0.2) is 8.32 Å². The van der Waals surface area contributed by atoms with Crippen molar-refractivity contribution in [3.8, 4) is 0 Å². The van der Waals surface area contributed by atoms with Gasteiger partial charge in [-0.3, -0.25) is 0 Å². The largest absolute Gasteiger partial charge is 0.466 e. The van der Waals surface area contributed by atoms with Crippen LogP contribution in [-0.4, -0.2) is 39.2 Å². The van der Waals surface area contributed by atoms with Crippen LogP contribution in [0.2, 0.25) is 18.1 Å². The summed E-state index contributed by atoms with van der Waals surface area (Å²) in [6.45, 7) is 13.3. The lowest BCUT2D eigenvalue weighted by Gasteiger charge is -2.35. The summed E-state index contributed by atoms with van der Waals surface area (Å²) in [7, 11) is -0.422. The van der Waals surface area contributed by atoms with Crippen molar-refractivity contribution < 1.29 is 19.1 Å². The van der Waals surface area contributed by atoms with Gasteiger partial charge in [0.2, 0.25) is 0 Å². The monoisotopic (exact) mass is 314 g/mol. The van der Waals surface area contributed by atoms with E-state index in [1.165, 1.54) is 13.2 Å². The van der Waals surface area contributed by atoms with Crippen molar-refractivity contribution in [2.75, 3.05) is 13.7 Å². The van der Waals surface area contributed by atoms with Crippen LogP contribution in [0.3, 0.4) is 0 Å². The molecule has 0 amide bonds. The van der Waals surface area contributed by atoms with Gasteiger partial charge in [0.05, 0.1) is 19.8 Å². The molecule has 0 fully saturated rings.